The first kappa shape index (κ1) is 16.0. The molecule has 1 N–H and O–H groups in total. The fourth-order valence-electron chi connectivity index (χ4n) is 2.99. The Morgan fingerprint density at radius 3 is 2.91 bits per heavy atom. The van der Waals surface area contributed by atoms with Crippen molar-refractivity contribution < 1.29 is 24.0 Å². The van der Waals surface area contributed by atoms with E-state index in [1.165, 1.54) is 15.7 Å². The molecule has 0 aromatic carbocycles. The molecule has 1 fully saturated rings. The van der Waals surface area contributed by atoms with Crippen molar-refractivity contribution in [1.82, 2.24) is 9.47 Å². The summed E-state index contributed by atoms with van der Waals surface area (Å²) in [4.78, 5) is 36.9. The summed E-state index contributed by atoms with van der Waals surface area (Å²) in [6.45, 7) is 0.537. The van der Waals surface area contributed by atoms with Gasteiger partial charge in [-0.1, -0.05) is 11.2 Å². The maximum atomic E-state index is 12.7. The van der Waals surface area contributed by atoms with Gasteiger partial charge in [0.1, 0.15) is 5.75 Å². The van der Waals surface area contributed by atoms with Crippen molar-refractivity contribution >= 4 is 23.4 Å². The molecule has 23 heavy (non-hydrogen) atoms. The molecule has 1 aromatic rings. The minimum absolute atomic E-state index is 0.134. The van der Waals surface area contributed by atoms with Crippen LogP contribution in [0.4, 0.5) is 0 Å². The summed E-state index contributed by atoms with van der Waals surface area (Å²) < 4.78 is 18.2. The zero-order chi connectivity index (χ0) is 16.7. The molecule has 2 aliphatic rings. The number of carbonyl (C=O) groups excluding carboxylic acids is 2. The van der Waals surface area contributed by atoms with Crippen LogP contribution in [-0.2, 0) is 22.5 Å². The number of ether oxygens (including phenoxy) is 1. The fourth-order valence-corrected chi connectivity index (χ4v) is 3.60. The van der Waals surface area contributed by atoms with Crippen LogP contribution >= 0.6 is 0 Å². The number of aldehydes is 1. The van der Waals surface area contributed by atoms with Gasteiger partial charge in [-0.2, -0.15) is 0 Å². The molecule has 9 heteroatoms. The van der Waals surface area contributed by atoms with Gasteiger partial charge in [0, 0.05) is 12.6 Å². The minimum Gasteiger partial charge on any atom is -0.617 e. The summed E-state index contributed by atoms with van der Waals surface area (Å²) in [6.07, 6.45) is 3.19. The Labute approximate surface area is 134 Å². The molecule has 0 radical (unpaired) electrons. The highest BCUT2D eigenvalue weighted by atomic mass is 32.2. The second-order valence-electron chi connectivity index (χ2n) is 5.60. The number of amides is 1. The number of pyridine rings is 1. The Bertz CT molecular complexity index is 716. The summed E-state index contributed by atoms with van der Waals surface area (Å²) in [5, 5.41) is 10.0. The van der Waals surface area contributed by atoms with E-state index in [0.29, 0.717) is 25.1 Å². The monoisotopic (exact) mass is 340 g/mol. The van der Waals surface area contributed by atoms with Gasteiger partial charge in [-0.15, -0.1) is 0 Å². The molecule has 3 atom stereocenters. The zero-order valence-corrected chi connectivity index (χ0v) is 13.2. The van der Waals surface area contributed by atoms with E-state index in [1.54, 1.807) is 6.26 Å². The third kappa shape index (κ3) is 2.64. The summed E-state index contributed by atoms with van der Waals surface area (Å²) in [6, 6.07) is -0.245. The first-order valence-electron chi connectivity index (χ1n) is 7.10. The van der Waals surface area contributed by atoms with E-state index in [-0.39, 0.29) is 23.8 Å². The lowest BCUT2D eigenvalue weighted by molar-refractivity contribution is 0.00568. The number of hydrogen-bond acceptors (Lipinski definition) is 6. The first-order chi connectivity index (χ1) is 10.9. The number of hydrogen-bond donors (Lipinski definition) is 1. The van der Waals surface area contributed by atoms with E-state index < -0.39 is 34.5 Å². The van der Waals surface area contributed by atoms with E-state index in [0.717, 1.165) is 0 Å². The predicted octanol–water partition coefficient (Wildman–Crippen LogP) is -0.684. The van der Waals surface area contributed by atoms with Crippen molar-refractivity contribution in [1.29, 1.82) is 0 Å². The molecule has 0 aliphatic carbocycles. The fraction of sp³-hybridized carbons (Fsp3) is 0.500. The van der Waals surface area contributed by atoms with E-state index >= 15 is 0 Å². The van der Waals surface area contributed by atoms with E-state index in [1.807, 2.05) is 0 Å². The van der Waals surface area contributed by atoms with Crippen LogP contribution < -0.4 is 5.43 Å². The number of aromatic hydroxyl groups is 1. The maximum Gasteiger partial charge on any atom is 0.276 e. The van der Waals surface area contributed by atoms with Crippen LogP contribution in [0.2, 0.25) is 0 Å². The van der Waals surface area contributed by atoms with Crippen LogP contribution in [0.1, 0.15) is 27.3 Å². The molecule has 1 aromatic heterocycles. The Morgan fingerprint density at radius 1 is 1.52 bits per heavy atom. The average molecular weight is 340 g/mol. The van der Waals surface area contributed by atoms with Gasteiger partial charge in [-0.05, 0) is 0 Å². The van der Waals surface area contributed by atoms with Crippen LogP contribution in [0, 0.1) is 0 Å². The largest absolute Gasteiger partial charge is 0.617 e. The number of fused-ring (bicyclic) bond motifs is 2. The van der Waals surface area contributed by atoms with E-state index in [9.17, 15) is 24.0 Å². The zero-order valence-electron chi connectivity index (χ0n) is 12.4. The molecule has 3 rings (SSSR count). The van der Waals surface area contributed by atoms with Crippen molar-refractivity contribution in [2.24, 2.45) is 0 Å². The minimum atomic E-state index is -0.979. The van der Waals surface area contributed by atoms with E-state index in [2.05, 4.69) is 0 Å². The molecule has 8 nitrogen and oxygen atoms in total. The summed E-state index contributed by atoms with van der Waals surface area (Å²) >= 11 is -0.979. The Kier molecular flexibility index (Phi) is 4.17. The second-order valence-corrected chi connectivity index (χ2v) is 7.16. The third-order valence-corrected chi connectivity index (χ3v) is 4.93. The molecule has 0 saturated carbocycles. The maximum absolute atomic E-state index is 12.7. The van der Waals surface area contributed by atoms with Crippen molar-refractivity contribution in [3.8, 4) is 5.75 Å². The second kappa shape index (κ2) is 5.99. The molecular formula is C14H16N2O6S. The third-order valence-electron chi connectivity index (χ3n) is 4.12. The lowest BCUT2D eigenvalue weighted by Gasteiger charge is -2.34. The van der Waals surface area contributed by atoms with Gasteiger partial charge >= 0.3 is 0 Å². The molecule has 124 valence electrons. The van der Waals surface area contributed by atoms with Gasteiger partial charge in [0.2, 0.25) is 5.43 Å². The lowest BCUT2D eigenvalue weighted by atomic mass is 10.1. The van der Waals surface area contributed by atoms with Crippen LogP contribution in [0.3, 0.4) is 0 Å². The first-order valence-corrected chi connectivity index (χ1v) is 8.82. The van der Waals surface area contributed by atoms with Crippen molar-refractivity contribution in [3.05, 3.63) is 27.7 Å². The topological polar surface area (TPSA) is 112 Å². The summed E-state index contributed by atoms with van der Waals surface area (Å²) in [5.41, 5.74) is -1.20. The lowest BCUT2D eigenvalue weighted by Crippen LogP contribution is -2.49. The SMILES string of the molecule is C[S+]([O-])CCC1COC2Cn3cc(C=O)c(=O)c(O)c3C(=O)N12. The molecule has 3 unspecified atom stereocenters. The molecule has 1 saturated heterocycles. The number of rotatable bonds is 4. The van der Waals surface area contributed by atoms with Crippen molar-refractivity contribution in [2.75, 3.05) is 18.6 Å². The number of carbonyl (C=O) groups is 2. The van der Waals surface area contributed by atoms with Gasteiger partial charge < -0.3 is 23.9 Å². The van der Waals surface area contributed by atoms with Crippen LogP contribution in [0.5, 0.6) is 5.75 Å². The van der Waals surface area contributed by atoms with Gasteiger partial charge in [0.15, 0.2) is 24.0 Å². The predicted molar refractivity (Wildman–Crippen MR) is 81.0 cm³/mol. The molecule has 1 amide bonds. The number of nitrogens with zero attached hydrogens (tertiary/aromatic N) is 2. The smallest absolute Gasteiger partial charge is 0.276 e. The molecule has 2 aliphatic heterocycles. The van der Waals surface area contributed by atoms with Gasteiger partial charge in [0.05, 0.1) is 31.0 Å². The molecule has 0 spiro atoms. The van der Waals surface area contributed by atoms with Crippen LogP contribution in [0.25, 0.3) is 0 Å². The standard InChI is InChI=1S/C14H16N2O6S/c1-23(21)3-2-9-7-22-10-5-15-4-8(6-17)12(18)13(19)11(15)14(20)16(9)10/h4,6,9-10,19H,2-3,5,7H2,1H3. The summed E-state index contributed by atoms with van der Waals surface area (Å²) in [7, 11) is 0. The van der Waals surface area contributed by atoms with Gasteiger partial charge in [-0.3, -0.25) is 14.4 Å². The van der Waals surface area contributed by atoms with Crippen LogP contribution in [0.15, 0.2) is 11.0 Å². The molecular weight excluding hydrogens is 324 g/mol. The summed E-state index contributed by atoms with van der Waals surface area (Å²) in [5.74, 6) is -0.798. The van der Waals surface area contributed by atoms with Crippen LogP contribution in [-0.4, -0.2) is 62.2 Å². The van der Waals surface area contributed by atoms with Gasteiger partial charge in [0.25, 0.3) is 5.91 Å². The Hall–Kier alpha value is -1.84. The Morgan fingerprint density at radius 2 is 2.26 bits per heavy atom. The molecule has 0 bridgehead atoms. The highest BCUT2D eigenvalue weighted by Gasteiger charge is 2.44. The highest BCUT2D eigenvalue weighted by Crippen LogP contribution is 2.30. The Balaban J connectivity index is 1.97. The van der Waals surface area contributed by atoms with E-state index in [4.69, 9.17) is 4.74 Å². The quantitative estimate of drug-likeness (QED) is 0.574. The highest BCUT2D eigenvalue weighted by molar-refractivity contribution is 7.90. The average Bonchev–Trinajstić information content (AvgIpc) is 2.91. The normalized spacial score (nSPS) is 24.3. The molecule has 3 heterocycles. The van der Waals surface area contributed by atoms with Gasteiger partial charge in [-0.25, -0.2) is 0 Å². The number of aromatic nitrogens is 1. The van der Waals surface area contributed by atoms with Crippen molar-refractivity contribution in [3.63, 3.8) is 0 Å². The van der Waals surface area contributed by atoms with Crippen molar-refractivity contribution in [2.45, 2.75) is 25.2 Å².